The molecule has 8 heteroatoms. The maximum atomic E-state index is 13.3. The molecular formula is C12H14FN3O4. The van der Waals surface area contributed by atoms with E-state index in [2.05, 4.69) is 5.32 Å². The van der Waals surface area contributed by atoms with Gasteiger partial charge >= 0.3 is 0 Å². The van der Waals surface area contributed by atoms with Gasteiger partial charge in [-0.05, 0) is 18.9 Å². The summed E-state index contributed by atoms with van der Waals surface area (Å²) in [5.74, 6) is -1.59. The minimum atomic E-state index is -0.903. The van der Waals surface area contributed by atoms with E-state index in [1.165, 1.54) is 0 Å². The lowest BCUT2D eigenvalue weighted by Crippen LogP contribution is -2.32. The smallest absolute Gasteiger partial charge is 0.295 e. The lowest BCUT2D eigenvalue weighted by Gasteiger charge is -2.13. The predicted octanol–water partition coefficient (Wildman–Crippen LogP) is 0.818. The highest BCUT2D eigenvalue weighted by Gasteiger charge is 2.42. The van der Waals surface area contributed by atoms with Gasteiger partial charge in [0.05, 0.1) is 23.2 Å². The Labute approximate surface area is 113 Å². The van der Waals surface area contributed by atoms with E-state index in [0.717, 1.165) is 18.9 Å². The number of nitrogens with two attached hydrogens (primary N) is 1. The molecular weight excluding hydrogens is 269 g/mol. The fourth-order valence-electron chi connectivity index (χ4n) is 1.87. The Bertz CT molecular complexity index is 572. The van der Waals surface area contributed by atoms with Crippen LogP contribution in [0.5, 0.6) is 0 Å². The number of carbonyl (C=O) groups is 1. The molecule has 1 aliphatic carbocycles. The molecule has 0 aliphatic heterocycles. The molecule has 0 atom stereocenters. The van der Waals surface area contributed by atoms with Crippen LogP contribution in [0, 0.1) is 21.3 Å². The molecule has 4 N–H and O–H groups in total. The summed E-state index contributed by atoms with van der Waals surface area (Å²) >= 11 is 0. The summed E-state index contributed by atoms with van der Waals surface area (Å²) in [6.45, 7) is 0.179. The average Bonchev–Trinajstić information content (AvgIpc) is 3.18. The molecule has 1 fully saturated rings. The highest BCUT2D eigenvalue weighted by molar-refractivity contribution is 6.01. The second-order valence-electron chi connectivity index (χ2n) is 4.98. The molecule has 0 spiro atoms. The monoisotopic (exact) mass is 283 g/mol. The first-order chi connectivity index (χ1) is 9.38. The van der Waals surface area contributed by atoms with E-state index in [1.807, 2.05) is 0 Å². The number of halogens is 1. The number of carbonyl (C=O) groups excluding carboxylic acids is 1. The quantitative estimate of drug-likeness (QED) is 0.420. The van der Waals surface area contributed by atoms with Gasteiger partial charge in [-0.1, -0.05) is 0 Å². The van der Waals surface area contributed by atoms with Crippen molar-refractivity contribution in [2.75, 3.05) is 18.9 Å². The molecule has 0 bridgehead atoms. The molecule has 20 heavy (non-hydrogen) atoms. The van der Waals surface area contributed by atoms with Crippen molar-refractivity contribution in [2.45, 2.75) is 12.8 Å². The average molecular weight is 283 g/mol. The van der Waals surface area contributed by atoms with Crippen LogP contribution >= 0.6 is 0 Å². The molecule has 1 aliphatic rings. The van der Waals surface area contributed by atoms with Crippen LogP contribution in [0.3, 0.4) is 0 Å². The first-order valence-electron chi connectivity index (χ1n) is 6.01. The summed E-state index contributed by atoms with van der Waals surface area (Å²) in [7, 11) is 0. The van der Waals surface area contributed by atoms with Crippen LogP contribution < -0.4 is 11.1 Å². The topological polar surface area (TPSA) is 118 Å². The third-order valence-electron chi connectivity index (χ3n) is 3.48. The molecule has 2 rings (SSSR count). The highest BCUT2D eigenvalue weighted by Crippen LogP contribution is 2.44. The van der Waals surface area contributed by atoms with E-state index < -0.39 is 22.3 Å². The second-order valence-corrected chi connectivity index (χ2v) is 4.98. The Morgan fingerprint density at radius 3 is 2.70 bits per heavy atom. The lowest BCUT2D eigenvalue weighted by molar-refractivity contribution is -0.384. The van der Waals surface area contributed by atoms with Crippen molar-refractivity contribution in [3.8, 4) is 0 Å². The van der Waals surface area contributed by atoms with Crippen molar-refractivity contribution in [1.82, 2.24) is 5.32 Å². The van der Waals surface area contributed by atoms with Gasteiger partial charge in [0.1, 0.15) is 11.5 Å². The third kappa shape index (κ3) is 2.69. The van der Waals surface area contributed by atoms with Crippen LogP contribution in [0.2, 0.25) is 0 Å². The van der Waals surface area contributed by atoms with Crippen LogP contribution in [0.25, 0.3) is 0 Å². The van der Waals surface area contributed by atoms with Crippen molar-refractivity contribution in [3.63, 3.8) is 0 Å². The zero-order valence-corrected chi connectivity index (χ0v) is 10.6. The van der Waals surface area contributed by atoms with E-state index >= 15 is 0 Å². The fraction of sp³-hybridized carbons (Fsp3) is 0.417. The minimum Gasteiger partial charge on any atom is -0.396 e. The third-order valence-corrected chi connectivity index (χ3v) is 3.48. The van der Waals surface area contributed by atoms with E-state index in [1.54, 1.807) is 0 Å². The maximum absolute atomic E-state index is 13.3. The maximum Gasteiger partial charge on any atom is 0.295 e. The van der Waals surface area contributed by atoms with Crippen LogP contribution in [-0.4, -0.2) is 29.1 Å². The molecule has 0 saturated heterocycles. The number of hydrogen-bond donors (Lipinski definition) is 3. The molecule has 0 heterocycles. The summed E-state index contributed by atoms with van der Waals surface area (Å²) in [5, 5.41) is 22.4. The SMILES string of the molecule is Nc1c(C(=O)NCC2(CO)CC2)cc(F)cc1[N+](=O)[O-]. The molecule has 108 valence electrons. The fourth-order valence-corrected chi connectivity index (χ4v) is 1.87. The van der Waals surface area contributed by atoms with Crippen molar-refractivity contribution >= 4 is 17.3 Å². The molecule has 7 nitrogen and oxygen atoms in total. The molecule has 1 saturated carbocycles. The van der Waals surface area contributed by atoms with Gasteiger partial charge in [-0.25, -0.2) is 4.39 Å². The summed E-state index contributed by atoms with van der Waals surface area (Å²) in [5.41, 5.74) is 3.92. The van der Waals surface area contributed by atoms with Gasteiger partial charge in [-0.2, -0.15) is 0 Å². The Balaban J connectivity index is 2.19. The van der Waals surface area contributed by atoms with Gasteiger partial charge in [0.15, 0.2) is 0 Å². The van der Waals surface area contributed by atoms with Gasteiger partial charge in [0.2, 0.25) is 0 Å². The number of anilines is 1. The Kier molecular flexibility index (Phi) is 3.58. The van der Waals surface area contributed by atoms with E-state index in [-0.39, 0.29) is 29.8 Å². The zero-order valence-electron chi connectivity index (χ0n) is 10.6. The Hall–Kier alpha value is -2.22. The normalized spacial score (nSPS) is 15.7. The number of nitrogens with zero attached hydrogens (tertiary/aromatic N) is 1. The number of hydrogen-bond acceptors (Lipinski definition) is 5. The summed E-state index contributed by atoms with van der Waals surface area (Å²) in [6.07, 6.45) is 1.59. The van der Waals surface area contributed by atoms with Gasteiger partial charge in [-0.15, -0.1) is 0 Å². The van der Waals surface area contributed by atoms with Gasteiger partial charge < -0.3 is 16.2 Å². The van der Waals surface area contributed by atoms with E-state index in [4.69, 9.17) is 10.8 Å². The Morgan fingerprint density at radius 1 is 1.55 bits per heavy atom. The molecule has 0 unspecified atom stereocenters. The van der Waals surface area contributed by atoms with Gasteiger partial charge in [0.25, 0.3) is 11.6 Å². The van der Waals surface area contributed by atoms with Crippen molar-refractivity contribution in [3.05, 3.63) is 33.6 Å². The molecule has 1 amide bonds. The number of nitrogen functional groups attached to an aromatic ring is 1. The predicted molar refractivity (Wildman–Crippen MR) is 68.6 cm³/mol. The standard InChI is InChI=1S/C12H14FN3O4/c13-7-3-8(10(14)9(4-7)16(19)20)11(18)15-5-12(6-17)1-2-12/h3-4,17H,1-2,5-6,14H2,(H,15,18). The number of nitro groups is 1. The summed E-state index contributed by atoms with van der Waals surface area (Å²) in [6, 6.07) is 1.53. The number of nitro benzene ring substituents is 1. The first-order valence-corrected chi connectivity index (χ1v) is 6.01. The van der Waals surface area contributed by atoms with Crippen molar-refractivity contribution in [1.29, 1.82) is 0 Å². The number of aliphatic hydroxyl groups excluding tert-OH is 1. The number of rotatable bonds is 5. The van der Waals surface area contributed by atoms with Crippen LogP contribution in [0.4, 0.5) is 15.8 Å². The van der Waals surface area contributed by atoms with Gasteiger partial charge in [0, 0.05) is 12.0 Å². The number of amides is 1. The number of nitrogens with one attached hydrogen (secondary N) is 1. The van der Waals surface area contributed by atoms with Crippen LogP contribution in [0.15, 0.2) is 12.1 Å². The van der Waals surface area contributed by atoms with E-state index in [0.29, 0.717) is 6.07 Å². The second kappa shape index (κ2) is 5.04. The van der Waals surface area contributed by atoms with E-state index in [9.17, 15) is 19.3 Å². The summed E-state index contributed by atoms with van der Waals surface area (Å²) < 4.78 is 13.3. The van der Waals surface area contributed by atoms with Crippen molar-refractivity contribution < 1.29 is 19.2 Å². The number of benzene rings is 1. The molecule has 1 aromatic carbocycles. The largest absolute Gasteiger partial charge is 0.396 e. The Morgan fingerprint density at radius 2 is 2.20 bits per heavy atom. The first kappa shape index (κ1) is 14.2. The zero-order chi connectivity index (χ0) is 14.9. The summed E-state index contributed by atoms with van der Waals surface area (Å²) in [4.78, 5) is 21.8. The molecule has 1 aromatic rings. The molecule has 0 radical (unpaired) electrons. The lowest BCUT2D eigenvalue weighted by atomic mass is 10.1. The van der Waals surface area contributed by atoms with Crippen LogP contribution in [-0.2, 0) is 0 Å². The van der Waals surface area contributed by atoms with Crippen LogP contribution in [0.1, 0.15) is 23.2 Å². The number of aliphatic hydroxyl groups is 1. The van der Waals surface area contributed by atoms with Crippen molar-refractivity contribution in [2.24, 2.45) is 5.41 Å². The molecule has 0 aromatic heterocycles. The van der Waals surface area contributed by atoms with Gasteiger partial charge in [-0.3, -0.25) is 14.9 Å². The highest BCUT2D eigenvalue weighted by atomic mass is 19.1. The minimum absolute atomic E-state index is 0.0495.